The van der Waals surface area contributed by atoms with Gasteiger partial charge in [0.25, 0.3) is 0 Å². The van der Waals surface area contributed by atoms with Gasteiger partial charge in [-0.25, -0.2) is 4.79 Å². The predicted molar refractivity (Wildman–Crippen MR) is 78.9 cm³/mol. The van der Waals surface area contributed by atoms with Crippen molar-refractivity contribution in [3.63, 3.8) is 0 Å². The lowest BCUT2D eigenvalue weighted by molar-refractivity contribution is -0.165. The number of carboxylic acid groups (broad SMARTS) is 1. The summed E-state index contributed by atoms with van der Waals surface area (Å²) in [5.74, 6) is 0. The molecule has 0 saturated carbocycles. The smallest absolute Gasteiger partial charge is 0.407 e. The van der Waals surface area contributed by atoms with E-state index in [9.17, 15) is 20.1 Å². The van der Waals surface area contributed by atoms with Gasteiger partial charge in [0.05, 0.1) is 6.04 Å². The van der Waals surface area contributed by atoms with Crippen molar-refractivity contribution in [2.24, 2.45) is 5.41 Å². The molecule has 0 spiro atoms. The third-order valence-electron chi connectivity index (χ3n) is 4.26. The van der Waals surface area contributed by atoms with Gasteiger partial charge in [-0.1, -0.05) is 51.1 Å². The largest absolute Gasteiger partial charge is 0.465 e. The third-order valence-corrected chi connectivity index (χ3v) is 4.26. The van der Waals surface area contributed by atoms with E-state index in [1.807, 2.05) is 26.8 Å². The minimum absolute atomic E-state index is 0.178. The molecule has 1 fully saturated rings. The van der Waals surface area contributed by atoms with E-state index in [-0.39, 0.29) is 13.0 Å². The summed E-state index contributed by atoms with van der Waals surface area (Å²) in [7, 11) is 0. The molecule has 1 aliphatic heterocycles. The highest BCUT2D eigenvalue weighted by molar-refractivity contribution is 5.66. The van der Waals surface area contributed by atoms with Gasteiger partial charge in [-0.2, -0.15) is 0 Å². The van der Waals surface area contributed by atoms with Crippen molar-refractivity contribution in [1.29, 1.82) is 0 Å². The summed E-state index contributed by atoms with van der Waals surface area (Å²) in [5.41, 5.74) is -1.29. The van der Waals surface area contributed by atoms with E-state index in [1.54, 1.807) is 24.3 Å². The van der Waals surface area contributed by atoms with Crippen molar-refractivity contribution in [2.75, 3.05) is 6.54 Å². The quantitative estimate of drug-likeness (QED) is 0.740. The van der Waals surface area contributed by atoms with Crippen LogP contribution in [-0.2, 0) is 5.60 Å². The Labute approximate surface area is 124 Å². The van der Waals surface area contributed by atoms with Crippen LogP contribution in [0.5, 0.6) is 0 Å². The molecule has 5 nitrogen and oxygen atoms in total. The van der Waals surface area contributed by atoms with Crippen molar-refractivity contribution in [3.8, 4) is 0 Å². The van der Waals surface area contributed by atoms with Gasteiger partial charge in [0.1, 0.15) is 11.7 Å². The molecular weight excluding hydrogens is 270 g/mol. The van der Waals surface area contributed by atoms with Gasteiger partial charge in [-0.05, 0) is 11.0 Å². The molecule has 2 rings (SSSR count). The highest BCUT2D eigenvalue weighted by atomic mass is 16.4. The third kappa shape index (κ3) is 2.76. The van der Waals surface area contributed by atoms with Gasteiger partial charge in [0, 0.05) is 13.0 Å². The Morgan fingerprint density at radius 2 is 1.86 bits per heavy atom. The maximum atomic E-state index is 11.4. The Kier molecular flexibility index (Phi) is 4.00. The van der Waals surface area contributed by atoms with Gasteiger partial charge in [0.15, 0.2) is 0 Å². The molecule has 0 aromatic heterocycles. The Morgan fingerprint density at radius 3 is 2.33 bits per heavy atom. The van der Waals surface area contributed by atoms with Gasteiger partial charge < -0.3 is 20.2 Å². The predicted octanol–water partition coefficient (Wildman–Crippen LogP) is 2.03. The number of piperidine rings is 1. The molecule has 0 radical (unpaired) electrons. The zero-order valence-corrected chi connectivity index (χ0v) is 12.7. The fourth-order valence-electron chi connectivity index (χ4n) is 3.21. The second-order valence-electron chi connectivity index (χ2n) is 6.77. The Morgan fingerprint density at radius 1 is 1.29 bits per heavy atom. The molecule has 3 atom stereocenters. The lowest BCUT2D eigenvalue weighted by atomic mass is 9.70. The fourth-order valence-corrected chi connectivity index (χ4v) is 3.21. The van der Waals surface area contributed by atoms with E-state index in [0.29, 0.717) is 5.56 Å². The van der Waals surface area contributed by atoms with Crippen LogP contribution in [0.1, 0.15) is 32.8 Å². The minimum Gasteiger partial charge on any atom is -0.465 e. The summed E-state index contributed by atoms with van der Waals surface area (Å²) in [6, 6.07) is 8.30. The molecule has 1 heterocycles. The van der Waals surface area contributed by atoms with Crippen molar-refractivity contribution in [1.82, 2.24) is 4.90 Å². The van der Waals surface area contributed by atoms with E-state index in [2.05, 4.69) is 0 Å². The van der Waals surface area contributed by atoms with Crippen LogP contribution in [0.3, 0.4) is 0 Å². The normalized spacial score (nSPS) is 30.2. The summed E-state index contributed by atoms with van der Waals surface area (Å²) >= 11 is 0. The lowest BCUT2D eigenvalue weighted by Gasteiger charge is -2.51. The Hall–Kier alpha value is -1.59. The average Bonchev–Trinajstić information content (AvgIpc) is 2.41. The molecule has 1 aliphatic rings. The number of rotatable bonds is 1. The van der Waals surface area contributed by atoms with E-state index in [1.165, 1.54) is 4.90 Å². The van der Waals surface area contributed by atoms with E-state index >= 15 is 0 Å². The van der Waals surface area contributed by atoms with E-state index in [4.69, 9.17) is 0 Å². The fraction of sp³-hybridized carbons (Fsp3) is 0.562. The number of nitrogens with zero attached hydrogens (tertiary/aromatic N) is 1. The second kappa shape index (κ2) is 5.31. The highest BCUT2D eigenvalue weighted by Crippen LogP contribution is 2.41. The molecule has 1 saturated heterocycles. The number of aliphatic hydroxyl groups excluding tert-OH is 1. The number of hydrogen-bond donors (Lipinski definition) is 3. The average molecular weight is 293 g/mol. The first kappa shape index (κ1) is 15.8. The van der Waals surface area contributed by atoms with Crippen LogP contribution in [0.15, 0.2) is 30.3 Å². The lowest BCUT2D eigenvalue weighted by Crippen LogP contribution is -2.65. The zero-order valence-electron chi connectivity index (χ0n) is 12.7. The van der Waals surface area contributed by atoms with Crippen LogP contribution >= 0.6 is 0 Å². The van der Waals surface area contributed by atoms with Gasteiger partial charge in [0.2, 0.25) is 0 Å². The van der Waals surface area contributed by atoms with Gasteiger partial charge >= 0.3 is 6.09 Å². The highest BCUT2D eigenvalue weighted by Gasteiger charge is 2.53. The molecule has 1 unspecified atom stereocenters. The maximum absolute atomic E-state index is 11.4. The number of aliphatic hydroxyl groups is 2. The Bertz CT molecular complexity index is 511. The molecule has 1 aromatic carbocycles. The molecule has 0 bridgehead atoms. The van der Waals surface area contributed by atoms with E-state index < -0.39 is 29.3 Å². The van der Waals surface area contributed by atoms with Crippen LogP contribution in [0.2, 0.25) is 0 Å². The molecule has 3 N–H and O–H groups in total. The van der Waals surface area contributed by atoms with Crippen molar-refractivity contribution in [2.45, 2.75) is 44.9 Å². The first-order chi connectivity index (χ1) is 9.68. The number of amides is 1. The van der Waals surface area contributed by atoms with Crippen LogP contribution in [0, 0.1) is 5.41 Å². The summed E-state index contributed by atoms with van der Waals surface area (Å²) in [5, 5.41) is 31.1. The standard InChI is InChI=1S/C16H23NO4/c1-15(2,3)12-13(18)16(21,9-10-17(12)14(19)20)11-7-5-4-6-8-11/h4-8,12-13,18,21H,9-10H2,1-3H3,(H,19,20)/t12?,13-,16-/m0/s1. The number of benzene rings is 1. The molecule has 0 aliphatic carbocycles. The molecule has 1 amide bonds. The topological polar surface area (TPSA) is 81.0 Å². The Balaban J connectivity index is 2.43. The molecular formula is C16H23NO4. The summed E-state index contributed by atoms with van der Waals surface area (Å²) in [6.07, 6.45) is -2.06. The van der Waals surface area contributed by atoms with Crippen molar-refractivity contribution >= 4 is 6.09 Å². The first-order valence-electron chi connectivity index (χ1n) is 7.13. The van der Waals surface area contributed by atoms with Crippen LogP contribution in [0.4, 0.5) is 4.79 Å². The summed E-state index contributed by atoms with van der Waals surface area (Å²) < 4.78 is 0. The van der Waals surface area contributed by atoms with Crippen LogP contribution in [0.25, 0.3) is 0 Å². The number of hydrogen-bond acceptors (Lipinski definition) is 3. The minimum atomic E-state index is -1.43. The van der Waals surface area contributed by atoms with Crippen molar-refractivity contribution in [3.05, 3.63) is 35.9 Å². The maximum Gasteiger partial charge on any atom is 0.407 e. The van der Waals surface area contributed by atoms with Crippen LogP contribution < -0.4 is 0 Å². The molecule has 21 heavy (non-hydrogen) atoms. The molecule has 5 heteroatoms. The molecule has 1 aromatic rings. The molecule has 116 valence electrons. The number of carbonyl (C=O) groups is 1. The van der Waals surface area contributed by atoms with E-state index in [0.717, 1.165) is 0 Å². The monoisotopic (exact) mass is 293 g/mol. The van der Waals surface area contributed by atoms with Crippen LogP contribution in [-0.4, -0.2) is 45.0 Å². The second-order valence-corrected chi connectivity index (χ2v) is 6.77. The first-order valence-corrected chi connectivity index (χ1v) is 7.13. The van der Waals surface area contributed by atoms with Gasteiger partial charge in [-0.15, -0.1) is 0 Å². The summed E-state index contributed by atoms with van der Waals surface area (Å²) in [6.45, 7) is 5.80. The van der Waals surface area contributed by atoms with Crippen molar-refractivity contribution < 1.29 is 20.1 Å². The zero-order chi connectivity index (χ0) is 15.8. The number of likely N-dealkylation sites (tertiary alicyclic amines) is 1. The summed E-state index contributed by atoms with van der Waals surface area (Å²) in [4.78, 5) is 12.7. The SMILES string of the molecule is CC(C)(C)C1[C@H](O)[C@@](O)(c2ccccc2)CCN1C(=O)O. The van der Waals surface area contributed by atoms with Gasteiger partial charge in [-0.3, -0.25) is 0 Å².